The molecule has 13 heavy (non-hydrogen) atoms. The summed E-state index contributed by atoms with van der Waals surface area (Å²) in [5.41, 5.74) is 0. The van der Waals surface area contributed by atoms with E-state index in [4.69, 9.17) is 0 Å². The molecular weight excluding hydrogens is 182 g/mol. The lowest BCUT2D eigenvalue weighted by molar-refractivity contribution is 0.890. The van der Waals surface area contributed by atoms with Gasteiger partial charge < -0.3 is 5.32 Å². The molecule has 0 atom stereocenters. The van der Waals surface area contributed by atoms with Crippen LogP contribution >= 0.6 is 11.3 Å². The number of rotatable bonds is 2. The SMILES string of the molecule is CC(C)Nc1ncnc2sccc12. The van der Waals surface area contributed by atoms with Gasteiger partial charge in [-0.25, -0.2) is 9.97 Å². The zero-order valence-corrected chi connectivity index (χ0v) is 8.43. The van der Waals surface area contributed by atoms with Crippen LogP contribution in [-0.2, 0) is 0 Å². The van der Waals surface area contributed by atoms with Gasteiger partial charge in [0.05, 0.1) is 5.39 Å². The minimum Gasteiger partial charge on any atom is -0.367 e. The van der Waals surface area contributed by atoms with Gasteiger partial charge in [0.2, 0.25) is 0 Å². The van der Waals surface area contributed by atoms with E-state index in [0.717, 1.165) is 16.0 Å². The molecule has 0 aromatic carbocycles. The van der Waals surface area contributed by atoms with Crippen molar-refractivity contribution in [2.45, 2.75) is 19.9 Å². The van der Waals surface area contributed by atoms with E-state index in [1.807, 2.05) is 11.4 Å². The quantitative estimate of drug-likeness (QED) is 0.796. The molecule has 0 unspecified atom stereocenters. The first-order chi connectivity index (χ1) is 6.27. The second-order valence-electron chi connectivity index (χ2n) is 3.16. The van der Waals surface area contributed by atoms with Crippen LogP contribution in [0.1, 0.15) is 13.8 Å². The summed E-state index contributed by atoms with van der Waals surface area (Å²) in [4.78, 5) is 9.42. The van der Waals surface area contributed by atoms with E-state index in [1.165, 1.54) is 0 Å². The number of nitrogens with zero attached hydrogens (tertiary/aromatic N) is 2. The fraction of sp³-hybridized carbons (Fsp3) is 0.333. The lowest BCUT2D eigenvalue weighted by atomic mass is 10.3. The van der Waals surface area contributed by atoms with Gasteiger partial charge in [0.15, 0.2) is 0 Å². The molecule has 0 saturated carbocycles. The van der Waals surface area contributed by atoms with Crippen molar-refractivity contribution in [2.24, 2.45) is 0 Å². The second kappa shape index (κ2) is 3.30. The molecule has 2 aromatic heterocycles. The molecule has 0 aliphatic heterocycles. The average Bonchev–Trinajstić information content (AvgIpc) is 2.51. The summed E-state index contributed by atoms with van der Waals surface area (Å²) in [5.74, 6) is 0.932. The molecule has 0 aliphatic carbocycles. The van der Waals surface area contributed by atoms with E-state index in [0.29, 0.717) is 6.04 Å². The Hall–Kier alpha value is -1.16. The molecule has 2 rings (SSSR count). The highest BCUT2D eigenvalue weighted by atomic mass is 32.1. The largest absolute Gasteiger partial charge is 0.367 e. The lowest BCUT2D eigenvalue weighted by Gasteiger charge is -2.08. The standard InChI is InChI=1S/C9H11N3S/c1-6(2)12-8-7-3-4-13-9(7)11-5-10-8/h3-6H,1-2H3,(H,10,11,12). The molecule has 68 valence electrons. The van der Waals surface area contributed by atoms with Crippen molar-refractivity contribution in [3.8, 4) is 0 Å². The van der Waals surface area contributed by atoms with Gasteiger partial charge in [0.25, 0.3) is 0 Å². The van der Waals surface area contributed by atoms with Crippen LogP contribution < -0.4 is 5.32 Å². The number of fused-ring (bicyclic) bond motifs is 1. The van der Waals surface area contributed by atoms with Crippen molar-refractivity contribution >= 4 is 27.4 Å². The van der Waals surface area contributed by atoms with Gasteiger partial charge in [-0.15, -0.1) is 11.3 Å². The summed E-state index contributed by atoms with van der Waals surface area (Å²) < 4.78 is 0. The van der Waals surface area contributed by atoms with Crippen LogP contribution in [0.5, 0.6) is 0 Å². The van der Waals surface area contributed by atoms with Crippen molar-refractivity contribution in [2.75, 3.05) is 5.32 Å². The summed E-state index contributed by atoms with van der Waals surface area (Å²) in [7, 11) is 0. The van der Waals surface area contributed by atoms with Gasteiger partial charge in [-0.05, 0) is 25.3 Å². The summed E-state index contributed by atoms with van der Waals surface area (Å²) in [6.45, 7) is 4.20. The van der Waals surface area contributed by atoms with Gasteiger partial charge in [-0.2, -0.15) is 0 Å². The molecule has 0 bridgehead atoms. The number of aromatic nitrogens is 2. The van der Waals surface area contributed by atoms with Crippen LogP contribution in [0.25, 0.3) is 10.2 Å². The summed E-state index contributed by atoms with van der Waals surface area (Å²) in [6.07, 6.45) is 1.60. The average molecular weight is 193 g/mol. The van der Waals surface area contributed by atoms with E-state index < -0.39 is 0 Å². The Morgan fingerprint density at radius 1 is 1.38 bits per heavy atom. The monoisotopic (exact) mass is 193 g/mol. The van der Waals surface area contributed by atoms with Crippen molar-refractivity contribution < 1.29 is 0 Å². The van der Waals surface area contributed by atoms with E-state index in [9.17, 15) is 0 Å². The Bertz CT molecular complexity index is 408. The van der Waals surface area contributed by atoms with Gasteiger partial charge in [0, 0.05) is 6.04 Å². The summed E-state index contributed by atoms with van der Waals surface area (Å²) in [6, 6.07) is 2.45. The first kappa shape index (κ1) is 8.44. The maximum Gasteiger partial charge on any atom is 0.138 e. The van der Waals surface area contributed by atoms with E-state index in [-0.39, 0.29) is 0 Å². The van der Waals surface area contributed by atoms with Crippen molar-refractivity contribution in [1.29, 1.82) is 0 Å². The van der Waals surface area contributed by atoms with Crippen LogP contribution in [0.15, 0.2) is 17.8 Å². The fourth-order valence-electron chi connectivity index (χ4n) is 1.18. The maximum atomic E-state index is 4.20. The highest BCUT2D eigenvalue weighted by Crippen LogP contribution is 2.23. The first-order valence-electron chi connectivity index (χ1n) is 4.22. The van der Waals surface area contributed by atoms with Gasteiger partial charge in [0.1, 0.15) is 17.0 Å². The molecule has 2 heterocycles. The molecule has 1 N–H and O–H groups in total. The second-order valence-corrected chi connectivity index (χ2v) is 4.06. The van der Waals surface area contributed by atoms with Crippen molar-refractivity contribution in [1.82, 2.24) is 9.97 Å². The molecule has 4 heteroatoms. The molecule has 0 radical (unpaired) electrons. The Balaban J connectivity index is 2.48. The third-order valence-electron chi connectivity index (χ3n) is 1.69. The first-order valence-corrected chi connectivity index (χ1v) is 5.10. The predicted octanol–water partition coefficient (Wildman–Crippen LogP) is 2.51. The maximum absolute atomic E-state index is 4.20. The summed E-state index contributed by atoms with van der Waals surface area (Å²) >= 11 is 1.64. The Kier molecular flexibility index (Phi) is 2.14. The molecule has 0 aliphatic rings. The molecule has 0 fully saturated rings. The van der Waals surface area contributed by atoms with Crippen molar-refractivity contribution in [3.63, 3.8) is 0 Å². The number of thiophene rings is 1. The molecular formula is C9H11N3S. The Morgan fingerprint density at radius 3 is 3.00 bits per heavy atom. The minimum absolute atomic E-state index is 0.401. The zero-order valence-electron chi connectivity index (χ0n) is 7.61. The van der Waals surface area contributed by atoms with Crippen LogP contribution in [0.4, 0.5) is 5.82 Å². The van der Waals surface area contributed by atoms with Crippen LogP contribution in [-0.4, -0.2) is 16.0 Å². The highest BCUT2D eigenvalue weighted by Gasteiger charge is 2.04. The van der Waals surface area contributed by atoms with Crippen LogP contribution in [0.3, 0.4) is 0 Å². The van der Waals surface area contributed by atoms with E-state index in [2.05, 4.69) is 29.1 Å². The Morgan fingerprint density at radius 2 is 2.23 bits per heavy atom. The number of hydrogen-bond donors (Lipinski definition) is 1. The topological polar surface area (TPSA) is 37.8 Å². The molecule has 3 nitrogen and oxygen atoms in total. The molecule has 0 spiro atoms. The molecule has 0 amide bonds. The highest BCUT2D eigenvalue weighted by molar-refractivity contribution is 7.16. The van der Waals surface area contributed by atoms with Crippen LogP contribution in [0.2, 0.25) is 0 Å². The molecule has 2 aromatic rings. The fourth-order valence-corrected chi connectivity index (χ4v) is 1.91. The zero-order chi connectivity index (χ0) is 9.26. The number of nitrogens with one attached hydrogen (secondary N) is 1. The smallest absolute Gasteiger partial charge is 0.138 e. The summed E-state index contributed by atoms with van der Waals surface area (Å²) in [5, 5.41) is 6.43. The third kappa shape index (κ3) is 1.62. The van der Waals surface area contributed by atoms with Gasteiger partial charge in [-0.1, -0.05) is 0 Å². The van der Waals surface area contributed by atoms with E-state index in [1.54, 1.807) is 17.7 Å². The minimum atomic E-state index is 0.401. The van der Waals surface area contributed by atoms with Gasteiger partial charge in [-0.3, -0.25) is 0 Å². The van der Waals surface area contributed by atoms with Gasteiger partial charge >= 0.3 is 0 Å². The Labute approximate surface area is 80.8 Å². The number of hydrogen-bond acceptors (Lipinski definition) is 4. The molecule has 0 saturated heterocycles. The normalized spacial score (nSPS) is 11.0. The van der Waals surface area contributed by atoms with E-state index >= 15 is 0 Å². The number of anilines is 1. The van der Waals surface area contributed by atoms with Crippen molar-refractivity contribution in [3.05, 3.63) is 17.8 Å². The lowest BCUT2D eigenvalue weighted by Crippen LogP contribution is -2.11. The third-order valence-corrected chi connectivity index (χ3v) is 2.51. The predicted molar refractivity (Wildman–Crippen MR) is 56.2 cm³/mol. The van der Waals surface area contributed by atoms with Crippen LogP contribution in [0, 0.1) is 0 Å².